The van der Waals surface area contributed by atoms with Crippen LogP contribution < -0.4 is 0 Å². The molecule has 0 bridgehead atoms. The van der Waals surface area contributed by atoms with Gasteiger partial charge in [-0.3, -0.25) is 0 Å². The average molecular weight is 524 g/mol. The highest BCUT2D eigenvalue weighted by Gasteiger charge is 2.29. The highest BCUT2D eigenvalue weighted by Crippen LogP contribution is 2.27. The Morgan fingerprint density at radius 3 is 0.967 bits per heavy atom. The molecule has 0 rings (SSSR count). The summed E-state index contributed by atoms with van der Waals surface area (Å²) in [5, 5.41) is 0. The summed E-state index contributed by atoms with van der Waals surface area (Å²) in [6.45, 7) is 4.11. The zero-order valence-electron chi connectivity index (χ0n) is 20.4. The molecule has 0 fully saturated rings. The highest BCUT2D eigenvalue weighted by molar-refractivity contribution is 7.64. The van der Waals surface area contributed by atoms with Gasteiger partial charge in [0.25, 0.3) is 0 Å². The standard InChI is InChI=1S/C18H37Cl3Si.C4H12O3Si/c1-2-3-4-5-6-7-8-9-10-11-12-13-14-15-16-17-18-22(19,20)21;1-5-8(4,6-2)7-3/h2-18H2,1H3;1-4H3. The zero-order valence-corrected chi connectivity index (χ0v) is 24.6. The first-order valence-electron chi connectivity index (χ1n) is 12.0. The topological polar surface area (TPSA) is 27.7 Å². The van der Waals surface area contributed by atoms with Crippen LogP contribution in [0.25, 0.3) is 0 Å². The molecule has 0 N–H and O–H groups in total. The average Bonchev–Trinajstić information content (AvgIpc) is 2.72. The van der Waals surface area contributed by atoms with Gasteiger partial charge < -0.3 is 13.3 Å². The van der Waals surface area contributed by atoms with Gasteiger partial charge in [-0.2, -0.15) is 0 Å². The van der Waals surface area contributed by atoms with Gasteiger partial charge in [-0.1, -0.05) is 110 Å². The van der Waals surface area contributed by atoms with Gasteiger partial charge >= 0.3 is 14.8 Å². The molecule has 0 saturated carbocycles. The van der Waals surface area contributed by atoms with Crippen molar-refractivity contribution in [2.24, 2.45) is 0 Å². The molecule has 0 aromatic carbocycles. The third-order valence-corrected chi connectivity index (χ3v) is 10.3. The molecular formula is C22H49Cl3O3Si2. The lowest BCUT2D eigenvalue weighted by Gasteiger charge is -2.18. The molecule has 0 aliphatic heterocycles. The summed E-state index contributed by atoms with van der Waals surface area (Å²) in [6.07, 6.45) is 22.2. The summed E-state index contributed by atoms with van der Waals surface area (Å²) in [5.74, 6) is 0. The first-order valence-corrected chi connectivity index (χ1v) is 19.4. The van der Waals surface area contributed by atoms with E-state index in [1.165, 1.54) is 96.3 Å². The first-order chi connectivity index (χ1) is 14.2. The van der Waals surface area contributed by atoms with Crippen LogP contribution in [-0.4, -0.2) is 36.1 Å². The lowest BCUT2D eigenvalue weighted by Crippen LogP contribution is -2.38. The van der Waals surface area contributed by atoms with E-state index in [1.54, 1.807) is 21.3 Å². The predicted molar refractivity (Wildman–Crippen MR) is 140 cm³/mol. The Hall–Kier alpha value is 1.18. The first kappa shape index (κ1) is 33.4. The number of rotatable bonds is 20. The Balaban J connectivity index is 0. The molecule has 0 amide bonds. The maximum absolute atomic E-state index is 5.87. The van der Waals surface area contributed by atoms with Crippen molar-refractivity contribution in [3.8, 4) is 0 Å². The van der Waals surface area contributed by atoms with Crippen LogP contribution in [-0.2, 0) is 13.3 Å². The third-order valence-electron chi connectivity index (χ3n) is 5.43. The fourth-order valence-electron chi connectivity index (χ4n) is 3.12. The summed E-state index contributed by atoms with van der Waals surface area (Å²) in [7, 11) is 2.58. The molecule has 30 heavy (non-hydrogen) atoms. The molecule has 0 atom stereocenters. The van der Waals surface area contributed by atoms with E-state index in [9.17, 15) is 0 Å². The number of unbranched alkanes of at least 4 members (excludes halogenated alkanes) is 15. The van der Waals surface area contributed by atoms with Crippen molar-refractivity contribution in [1.29, 1.82) is 0 Å². The second-order valence-electron chi connectivity index (χ2n) is 8.14. The van der Waals surface area contributed by atoms with Crippen LogP contribution in [0.15, 0.2) is 0 Å². The van der Waals surface area contributed by atoms with Crippen LogP contribution in [0.5, 0.6) is 0 Å². The van der Waals surface area contributed by atoms with E-state index in [0.717, 1.165) is 12.5 Å². The molecule has 184 valence electrons. The minimum Gasteiger partial charge on any atom is -0.377 e. The second-order valence-corrected chi connectivity index (χ2v) is 20.4. The fourth-order valence-corrected chi connectivity index (χ4v) is 5.48. The molecule has 3 nitrogen and oxygen atoms in total. The van der Waals surface area contributed by atoms with Crippen LogP contribution in [0.4, 0.5) is 0 Å². The Bertz CT molecular complexity index is 334. The molecule has 0 aromatic rings. The Morgan fingerprint density at radius 1 is 0.500 bits per heavy atom. The van der Waals surface area contributed by atoms with Crippen LogP contribution in [0.1, 0.15) is 110 Å². The van der Waals surface area contributed by atoms with Gasteiger partial charge in [-0.05, 0) is 6.04 Å². The van der Waals surface area contributed by atoms with Crippen molar-refractivity contribution in [1.82, 2.24) is 0 Å². The van der Waals surface area contributed by atoms with E-state index in [0.29, 0.717) is 0 Å². The lowest BCUT2D eigenvalue weighted by atomic mass is 10.0. The summed E-state index contributed by atoms with van der Waals surface area (Å²) in [6, 6.07) is -1.52. The fraction of sp³-hybridized carbons (Fsp3) is 1.00. The van der Waals surface area contributed by atoms with Gasteiger partial charge in [-0.15, -0.1) is 33.2 Å². The van der Waals surface area contributed by atoms with Crippen LogP contribution in [0, 0.1) is 0 Å². The van der Waals surface area contributed by atoms with Crippen molar-refractivity contribution in [3.05, 3.63) is 0 Å². The van der Waals surface area contributed by atoms with E-state index >= 15 is 0 Å². The number of halogens is 3. The van der Waals surface area contributed by atoms with E-state index in [1.807, 2.05) is 6.55 Å². The van der Waals surface area contributed by atoms with E-state index in [4.69, 9.17) is 46.5 Å². The van der Waals surface area contributed by atoms with Crippen molar-refractivity contribution >= 4 is 48.0 Å². The molecule has 0 spiro atoms. The normalized spacial score (nSPS) is 12.0. The van der Waals surface area contributed by atoms with Crippen LogP contribution in [0.3, 0.4) is 0 Å². The smallest absolute Gasteiger partial charge is 0.377 e. The Labute approximate surface area is 204 Å². The maximum atomic E-state index is 5.87. The minimum atomic E-state index is -2.35. The second kappa shape index (κ2) is 23.3. The molecule has 0 saturated heterocycles. The SMILES string of the molecule is CCCCCCCCCCCCCCCCCC[Si](Cl)(Cl)Cl.CO[Si](C)(OC)OC. The molecule has 0 aliphatic carbocycles. The van der Waals surface area contributed by atoms with Gasteiger partial charge in [0.1, 0.15) is 0 Å². The van der Waals surface area contributed by atoms with E-state index in [2.05, 4.69) is 6.92 Å². The lowest BCUT2D eigenvalue weighted by molar-refractivity contribution is 0.132. The molecular weight excluding hydrogens is 475 g/mol. The molecule has 0 unspecified atom stereocenters. The summed E-state index contributed by atoms with van der Waals surface area (Å²) in [4.78, 5) is 0. The van der Waals surface area contributed by atoms with E-state index < -0.39 is 14.8 Å². The Morgan fingerprint density at radius 2 is 0.767 bits per heavy atom. The zero-order chi connectivity index (χ0) is 23.1. The van der Waals surface area contributed by atoms with Crippen LogP contribution >= 0.6 is 33.2 Å². The molecule has 0 aliphatic rings. The highest BCUT2D eigenvalue weighted by atomic mass is 35.8. The number of hydrogen-bond acceptors (Lipinski definition) is 3. The molecule has 0 heterocycles. The van der Waals surface area contributed by atoms with Crippen molar-refractivity contribution < 1.29 is 13.3 Å². The quantitative estimate of drug-likeness (QED) is 0.0903. The largest absolute Gasteiger partial charge is 0.496 e. The Kier molecular flexibility index (Phi) is 26.0. The number of hydrogen-bond donors (Lipinski definition) is 0. The summed E-state index contributed by atoms with van der Waals surface area (Å²) < 4.78 is 14.8. The summed E-state index contributed by atoms with van der Waals surface area (Å²) in [5.41, 5.74) is 0. The van der Waals surface area contributed by atoms with Gasteiger partial charge in [-0.25, -0.2) is 0 Å². The van der Waals surface area contributed by atoms with Crippen molar-refractivity contribution in [2.45, 2.75) is 122 Å². The monoisotopic (exact) mass is 522 g/mol. The van der Waals surface area contributed by atoms with Crippen LogP contribution in [0.2, 0.25) is 12.6 Å². The molecule has 0 radical (unpaired) electrons. The third kappa shape index (κ3) is 27.2. The van der Waals surface area contributed by atoms with Gasteiger partial charge in [0.05, 0.1) is 0 Å². The maximum Gasteiger partial charge on any atom is 0.496 e. The van der Waals surface area contributed by atoms with E-state index in [-0.39, 0.29) is 0 Å². The van der Waals surface area contributed by atoms with Crippen molar-refractivity contribution in [3.63, 3.8) is 0 Å². The molecule has 0 aromatic heterocycles. The predicted octanol–water partition coefficient (Wildman–Crippen LogP) is 9.40. The van der Waals surface area contributed by atoms with Gasteiger partial charge in [0, 0.05) is 27.9 Å². The van der Waals surface area contributed by atoms with Gasteiger partial charge in [0.15, 0.2) is 0 Å². The summed E-state index contributed by atoms with van der Waals surface area (Å²) >= 11 is 17.6. The minimum absolute atomic E-state index is 0.829. The van der Waals surface area contributed by atoms with Crippen molar-refractivity contribution in [2.75, 3.05) is 21.3 Å². The van der Waals surface area contributed by atoms with Gasteiger partial charge in [0.2, 0.25) is 0 Å². The molecule has 8 heteroatoms.